The molecule has 1 unspecified atom stereocenters. The van der Waals surface area contributed by atoms with Gasteiger partial charge in [-0.25, -0.2) is 4.98 Å². The average Bonchev–Trinajstić information content (AvgIpc) is 3.11. The van der Waals surface area contributed by atoms with Crippen LogP contribution in [0.15, 0.2) is 35.5 Å². The van der Waals surface area contributed by atoms with Crippen molar-refractivity contribution in [2.24, 2.45) is 11.7 Å². The zero-order valence-corrected chi connectivity index (χ0v) is 16.8. The fraction of sp³-hybridized carbons (Fsp3) is 0.476. The minimum absolute atomic E-state index is 0.0523. The zero-order chi connectivity index (χ0) is 19.5. The lowest BCUT2D eigenvalue weighted by atomic mass is 9.97. The number of nitrogens with zero attached hydrogens (tertiary/aromatic N) is 3. The van der Waals surface area contributed by atoms with Gasteiger partial charge in [-0.2, -0.15) is 0 Å². The number of hydrogen-bond donors (Lipinski definition) is 1. The second kappa shape index (κ2) is 8.39. The molecule has 2 aromatic rings. The van der Waals surface area contributed by atoms with Gasteiger partial charge in [0.25, 0.3) is 0 Å². The van der Waals surface area contributed by atoms with Gasteiger partial charge in [-0.1, -0.05) is 30.0 Å². The maximum Gasteiger partial charge on any atom is 0.233 e. The largest absolute Gasteiger partial charge is 0.369 e. The first-order chi connectivity index (χ1) is 13.6. The number of likely N-dealkylation sites (tertiary alicyclic amines) is 1. The third-order valence-electron chi connectivity index (χ3n) is 5.62. The number of piperidine rings is 1. The van der Waals surface area contributed by atoms with Gasteiger partial charge >= 0.3 is 0 Å². The molecule has 1 aliphatic heterocycles. The average molecular weight is 399 g/mol. The van der Waals surface area contributed by atoms with Crippen LogP contribution >= 0.6 is 11.8 Å². The number of thioether (sulfide) groups is 1. The summed E-state index contributed by atoms with van der Waals surface area (Å²) in [6.07, 6.45) is 5.98. The van der Waals surface area contributed by atoms with Crippen molar-refractivity contribution >= 4 is 23.6 Å². The maximum absolute atomic E-state index is 12.7. The maximum atomic E-state index is 12.7. The summed E-state index contributed by atoms with van der Waals surface area (Å²) in [6, 6.07) is 10.2. The molecule has 0 saturated carbocycles. The number of rotatable bonds is 5. The molecule has 1 aliphatic carbocycles. The first-order valence-corrected chi connectivity index (χ1v) is 11.0. The Kier molecular flexibility index (Phi) is 5.71. The van der Waals surface area contributed by atoms with Crippen LogP contribution in [0.4, 0.5) is 0 Å². The van der Waals surface area contributed by atoms with Gasteiger partial charge in [0.2, 0.25) is 11.8 Å². The first kappa shape index (κ1) is 19.1. The van der Waals surface area contributed by atoms with Crippen LogP contribution in [0.3, 0.4) is 0 Å². The first-order valence-electron chi connectivity index (χ1n) is 9.99. The molecule has 28 heavy (non-hydrogen) atoms. The lowest BCUT2D eigenvalue weighted by Gasteiger charge is -2.31. The highest BCUT2D eigenvalue weighted by Gasteiger charge is 2.28. The standard InChI is InChI=1S/C21H26N4O2S/c22-20(27)15-7-6-12-24(13-15)19(26)14-28-21-23-17-10-4-5-11-18(17)25(21)16-8-2-1-3-9-16/h1-3,8-9,15H,4-7,10-14H2,(H2,22,27). The summed E-state index contributed by atoms with van der Waals surface area (Å²) in [5.41, 5.74) is 8.98. The third kappa shape index (κ3) is 3.94. The number of imidazole rings is 1. The predicted octanol–water partition coefficient (Wildman–Crippen LogP) is 2.57. The van der Waals surface area contributed by atoms with Crippen molar-refractivity contribution < 1.29 is 9.59 Å². The summed E-state index contributed by atoms with van der Waals surface area (Å²) in [5, 5.41) is 0.884. The van der Waals surface area contributed by atoms with E-state index in [1.54, 1.807) is 4.90 Å². The summed E-state index contributed by atoms with van der Waals surface area (Å²) in [7, 11) is 0. The number of nitrogens with two attached hydrogens (primary N) is 1. The highest BCUT2D eigenvalue weighted by molar-refractivity contribution is 7.99. The topological polar surface area (TPSA) is 81.2 Å². The number of aromatic nitrogens is 2. The van der Waals surface area contributed by atoms with Crippen LogP contribution in [0.25, 0.3) is 5.69 Å². The van der Waals surface area contributed by atoms with Crippen LogP contribution in [-0.2, 0) is 22.4 Å². The third-order valence-corrected chi connectivity index (χ3v) is 6.54. The summed E-state index contributed by atoms with van der Waals surface area (Å²) >= 11 is 1.49. The molecule has 2 N–H and O–H groups in total. The van der Waals surface area contributed by atoms with E-state index in [9.17, 15) is 9.59 Å². The van der Waals surface area contributed by atoms with Crippen LogP contribution in [0, 0.1) is 5.92 Å². The van der Waals surface area contributed by atoms with Gasteiger partial charge < -0.3 is 10.6 Å². The minimum Gasteiger partial charge on any atom is -0.369 e. The summed E-state index contributed by atoms with van der Waals surface area (Å²) in [4.78, 5) is 30.9. The summed E-state index contributed by atoms with van der Waals surface area (Å²) < 4.78 is 2.22. The van der Waals surface area contributed by atoms with Gasteiger partial charge in [0.1, 0.15) is 0 Å². The van der Waals surface area contributed by atoms with Crippen LogP contribution in [-0.4, -0.2) is 45.1 Å². The number of amides is 2. The van der Waals surface area contributed by atoms with Crippen molar-refractivity contribution in [2.45, 2.75) is 43.7 Å². The van der Waals surface area contributed by atoms with Crippen LogP contribution < -0.4 is 5.73 Å². The number of benzene rings is 1. The highest BCUT2D eigenvalue weighted by Crippen LogP contribution is 2.31. The van der Waals surface area contributed by atoms with Gasteiger partial charge in [0, 0.05) is 24.5 Å². The molecule has 0 spiro atoms. The Hall–Kier alpha value is -2.28. The molecule has 2 aliphatic rings. The van der Waals surface area contributed by atoms with Gasteiger partial charge in [-0.3, -0.25) is 14.2 Å². The van der Waals surface area contributed by atoms with Gasteiger partial charge in [0.05, 0.1) is 17.4 Å². The van der Waals surface area contributed by atoms with Crippen molar-refractivity contribution in [2.75, 3.05) is 18.8 Å². The molecule has 0 radical (unpaired) electrons. The number of hydrogen-bond acceptors (Lipinski definition) is 4. The van der Waals surface area contributed by atoms with Gasteiger partial charge in [-0.15, -0.1) is 0 Å². The Bertz CT molecular complexity index is 865. The van der Waals surface area contributed by atoms with E-state index in [1.807, 2.05) is 18.2 Å². The van der Waals surface area contributed by atoms with E-state index in [1.165, 1.54) is 30.3 Å². The normalized spacial score (nSPS) is 19.3. The highest BCUT2D eigenvalue weighted by atomic mass is 32.2. The SMILES string of the molecule is NC(=O)C1CCCN(C(=O)CSc2nc3c(n2-c2ccccc2)CCCC3)C1. The molecule has 1 aromatic heterocycles. The van der Waals surface area contributed by atoms with E-state index >= 15 is 0 Å². The lowest BCUT2D eigenvalue weighted by molar-refractivity contribution is -0.132. The molecule has 0 bridgehead atoms. The Balaban J connectivity index is 1.51. The molecule has 1 aromatic carbocycles. The molecule has 7 heteroatoms. The van der Waals surface area contributed by atoms with Gasteiger partial charge in [0.15, 0.2) is 5.16 Å². The Labute approximate surface area is 169 Å². The van der Waals surface area contributed by atoms with Crippen molar-refractivity contribution in [3.05, 3.63) is 41.7 Å². The van der Waals surface area contributed by atoms with Gasteiger partial charge in [-0.05, 0) is 50.7 Å². The van der Waals surface area contributed by atoms with Crippen molar-refractivity contribution in [1.82, 2.24) is 14.5 Å². The minimum atomic E-state index is -0.308. The molecule has 148 valence electrons. The Morgan fingerprint density at radius 2 is 1.93 bits per heavy atom. The quantitative estimate of drug-likeness (QED) is 0.785. The number of aryl methyl sites for hydroxylation is 1. The summed E-state index contributed by atoms with van der Waals surface area (Å²) in [5.74, 6) is -0.149. The molecule has 2 amide bonds. The second-order valence-corrected chi connectivity index (χ2v) is 8.48. The number of fused-ring (bicyclic) bond motifs is 1. The Morgan fingerprint density at radius 1 is 1.14 bits per heavy atom. The van der Waals surface area contributed by atoms with Crippen molar-refractivity contribution in [3.63, 3.8) is 0 Å². The summed E-state index contributed by atoms with van der Waals surface area (Å²) in [6.45, 7) is 1.14. The van der Waals surface area contributed by atoms with Crippen molar-refractivity contribution in [1.29, 1.82) is 0 Å². The van der Waals surface area contributed by atoms with E-state index in [0.29, 0.717) is 18.8 Å². The number of carbonyl (C=O) groups is 2. The molecule has 2 heterocycles. The van der Waals surface area contributed by atoms with Crippen molar-refractivity contribution in [3.8, 4) is 5.69 Å². The number of carbonyl (C=O) groups excluding carboxylic acids is 2. The lowest BCUT2D eigenvalue weighted by Crippen LogP contribution is -2.44. The molecule has 1 saturated heterocycles. The van der Waals surface area contributed by atoms with Crippen LogP contribution in [0.1, 0.15) is 37.1 Å². The molecule has 4 rings (SSSR count). The number of primary amides is 1. The fourth-order valence-corrected chi connectivity index (χ4v) is 5.06. The predicted molar refractivity (Wildman–Crippen MR) is 109 cm³/mol. The van der Waals surface area contributed by atoms with E-state index in [-0.39, 0.29) is 17.7 Å². The fourth-order valence-electron chi connectivity index (χ4n) is 4.11. The van der Waals surface area contributed by atoms with Crippen LogP contribution in [0.2, 0.25) is 0 Å². The number of para-hydroxylation sites is 1. The monoisotopic (exact) mass is 398 g/mol. The van der Waals surface area contributed by atoms with E-state index in [4.69, 9.17) is 10.7 Å². The zero-order valence-electron chi connectivity index (χ0n) is 16.0. The smallest absolute Gasteiger partial charge is 0.233 e. The van der Waals surface area contributed by atoms with E-state index < -0.39 is 0 Å². The molecular weight excluding hydrogens is 372 g/mol. The van der Waals surface area contributed by atoms with E-state index in [0.717, 1.165) is 42.2 Å². The molecular formula is C21H26N4O2S. The Morgan fingerprint density at radius 3 is 2.71 bits per heavy atom. The van der Waals surface area contributed by atoms with Crippen LogP contribution in [0.5, 0.6) is 0 Å². The molecule has 6 nitrogen and oxygen atoms in total. The molecule has 1 atom stereocenters. The molecule has 1 fully saturated rings. The second-order valence-electron chi connectivity index (χ2n) is 7.54. The van der Waals surface area contributed by atoms with E-state index in [2.05, 4.69) is 16.7 Å².